The summed E-state index contributed by atoms with van der Waals surface area (Å²) < 4.78 is 38.5. The molecule has 0 radical (unpaired) electrons. The highest BCUT2D eigenvalue weighted by Crippen LogP contribution is 2.31. The molecule has 1 aromatic heterocycles. The van der Waals surface area contributed by atoms with E-state index in [9.17, 15) is 23.3 Å². The van der Waals surface area contributed by atoms with Gasteiger partial charge in [0.15, 0.2) is 0 Å². The predicted molar refractivity (Wildman–Crippen MR) is 80.6 cm³/mol. The van der Waals surface area contributed by atoms with Gasteiger partial charge in [0, 0.05) is 17.7 Å². The molecule has 7 nitrogen and oxygen atoms in total. The number of alkyl halides is 3. The molecule has 1 atom stereocenters. The summed E-state index contributed by atoms with van der Waals surface area (Å²) in [5, 5.41) is 18.3. The SMILES string of the molecule is C[C@@H](On1nnc2ccc(C(F)(F)F)cc21)c1cccc([N+](=O)[O-])c1. The second-order valence-electron chi connectivity index (χ2n) is 5.26. The fourth-order valence-electron chi connectivity index (χ4n) is 2.25. The van der Waals surface area contributed by atoms with E-state index in [1.165, 1.54) is 24.3 Å². The summed E-state index contributed by atoms with van der Waals surface area (Å²) in [6.45, 7) is 1.60. The van der Waals surface area contributed by atoms with Crippen LogP contribution < -0.4 is 4.84 Å². The second kappa shape index (κ2) is 6.04. The number of nitrogens with zero attached hydrogens (tertiary/aromatic N) is 4. The first-order valence-electron chi connectivity index (χ1n) is 7.10. The molecule has 0 amide bonds. The molecule has 0 saturated carbocycles. The lowest BCUT2D eigenvalue weighted by atomic mass is 10.1. The highest BCUT2D eigenvalue weighted by atomic mass is 19.4. The van der Waals surface area contributed by atoms with Crippen LogP contribution in [0.15, 0.2) is 42.5 Å². The number of rotatable bonds is 4. The largest absolute Gasteiger partial charge is 0.416 e. The van der Waals surface area contributed by atoms with Crippen molar-refractivity contribution >= 4 is 16.7 Å². The average Bonchev–Trinajstić information content (AvgIpc) is 2.96. The summed E-state index contributed by atoms with van der Waals surface area (Å²) in [5.41, 5.74) is -0.206. The van der Waals surface area contributed by atoms with Crippen molar-refractivity contribution in [3.63, 3.8) is 0 Å². The van der Waals surface area contributed by atoms with Crippen molar-refractivity contribution in [2.75, 3.05) is 0 Å². The monoisotopic (exact) mass is 352 g/mol. The van der Waals surface area contributed by atoms with Crippen molar-refractivity contribution in [2.45, 2.75) is 19.2 Å². The Balaban J connectivity index is 1.92. The average molecular weight is 352 g/mol. The van der Waals surface area contributed by atoms with Crippen molar-refractivity contribution in [1.29, 1.82) is 0 Å². The van der Waals surface area contributed by atoms with Gasteiger partial charge in [0.25, 0.3) is 5.69 Å². The highest BCUT2D eigenvalue weighted by Gasteiger charge is 2.31. The van der Waals surface area contributed by atoms with Gasteiger partial charge < -0.3 is 4.84 Å². The normalized spacial score (nSPS) is 13.0. The van der Waals surface area contributed by atoms with Crippen molar-refractivity contribution in [2.24, 2.45) is 0 Å². The van der Waals surface area contributed by atoms with Crippen LogP contribution in [0, 0.1) is 10.1 Å². The van der Waals surface area contributed by atoms with Crippen LogP contribution in [-0.2, 0) is 6.18 Å². The number of nitro benzene ring substituents is 1. The van der Waals surface area contributed by atoms with E-state index in [0.717, 1.165) is 17.0 Å². The zero-order valence-electron chi connectivity index (χ0n) is 12.8. The van der Waals surface area contributed by atoms with Crippen molar-refractivity contribution in [1.82, 2.24) is 15.2 Å². The number of fused-ring (bicyclic) bond motifs is 1. The number of non-ortho nitro benzene ring substituents is 1. The molecule has 0 bridgehead atoms. The first-order valence-corrected chi connectivity index (χ1v) is 7.10. The van der Waals surface area contributed by atoms with Gasteiger partial charge in [-0.3, -0.25) is 10.1 Å². The molecular formula is C15H11F3N4O3. The zero-order valence-corrected chi connectivity index (χ0v) is 12.8. The van der Waals surface area contributed by atoms with Gasteiger partial charge in [-0.15, -0.1) is 5.10 Å². The number of aromatic nitrogens is 3. The molecule has 0 spiro atoms. The van der Waals surface area contributed by atoms with Crippen LogP contribution in [0.2, 0.25) is 0 Å². The van der Waals surface area contributed by atoms with Gasteiger partial charge in [-0.2, -0.15) is 13.2 Å². The molecule has 0 N–H and O–H groups in total. The quantitative estimate of drug-likeness (QED) is 0.530. The van der Waals surface area contributed by atoms with Crippen LogP contribution in [0.1, 0.15) is 24.2 Å². The Morgan fingerprint density at radius 1 is 1.24 bits per heavy atom. The summed E-state index contributed by atoms with van der Waals surface area (Å²) in [5.74, 6) is 0. The topological polar surface area (TPSA) is 83.1 Å². The lowest BCUT2D eigenvalue weighted by molar-refractivity contribution is -0.385. The van der Waals surface area contributed by atoms with Gasteiger partial charge in [0.1, 0.15) is 17.1 Å². The molecule has 0 saturated heterocycles. The zero-order chi connectivity index (χ0) is 18.2. The third-order valence-electron chi connectivity index (χ3n) is 3.55. The van der Waals surface area contributed by atoms with Gasteiger partial charge >= 0.3 is 6.18 Å². The molecule has 130 valence electrons. The Kier molecular flexibility index (Phi) is 4.03. The molecule has 1 heterocycles. The summed E-state index contributed by atoms with van der Waals surface area (Å²) in [7, 11) is 0. The van der Waals surface area contributed by atoms with Crippen molar-refractivity contribution in [3.05, 3.63) is 63.7 Å². The highest BCUT2D eigenvalue weighted by molar-refractivity contribution is 5.74. The minimum Gasteiger partial charge on any atom is -0.387 e. The summed E-state index contributed by atoms with van der Waals surface area (Å²) in [6, 6.07) is 8.75. The van der Waals surface area contributed by atoms with Gasteiger partial charge in [-0.25, -0.2) is 0 Å². The number of hydrogen-bond acceptors (Lipinski definition) is 5. The van der Waals surface area contributed by atoms with E-state index in [1.807, 2.05) is 0 Å². The molecule has 0 aliphatic carbocycles. The van der Waals surface area contributed by atoms with E-state index >= 15 is 0 Å². The lowest BCUT2D eigenvalue weighted by Gasteiger charge is -2.14. The van der Waals surface area contributed by atoms with E-state index in [-0.39, 0.29) is 16.7 Å². The summed E-state index contributed by atoms with van der Waals surface area (Å²) >= 11 is 0. The maximum Gasteiger partial charge on any atom is 0.416 e. The number of benzene rings is 2. The lowest BCUT2D eigenvalue weighted by Crippen LogP contribution is -2.17. The van der Waals surface area contributed by atoms with Crippen LogP contribution in [0.4, 0.5) is 18.9 Å². The Morgan fingerprint density at radius 2 is 2.00 bits per heavy atom. The van der Waals surface area contributed by atoms with Gasteiger partial charge in [0.05, 0.1) is 10.5 Å². The minimum atomic E-state index is -4.51. The van der Waals surface area contributed by atoms with E-state index in [1.54, 1.807) is 13.0 Å². The van der Waals surface area contributed by atoms with Crippen LogP contribution in [0.3, 0.4) is 0 Å². The molecular weight excluding hydrogens is 341 g/mol. The van der Waals surface area contributed by atoms with Gasteiger partial charge in [0.2, 0.25) is 0 Å². The second-order valence-corrected chi connectivity index (χ2v) is 5.26. The Bertz CT molecular complexity index is 939. The molecule has 2 aromatic carbocycles. The number of nitro groups is 1. The third kappa shape index (κ3) is 3.37. The van der Waals surface area contributed by atoms with Gasteiger partial charge in [-0.05, 0) is 30.3 Å². The van der Waals surface area contributed by atoms with Crippen LogP contribution >= 0.6 is 0 Å². The van der Waals surface area contributed by atoms with Crippen LogP contribution in [-0.4, -0.2) is 20.1 Å². The summed E-state index contributed by atoms with van der Waals surface area (Å²) in [4.78, 5) is 16.7. The maximum absolute atomic E-state index is 12.8. The molecule has 0 aliphatic heterocycles. The predicted octanol–water partition coefficient (Wildman–Crippen LogP) is 3.55. The Hall–Kier alpha value is -3.17. The van der Waals surface area contributed by atoms with E-state index in [0.29, 0.717) is 5.56 Å². The van der Waals surface area contributed by atoms with Crippen molar-refractivity contribution < 1.29 is 22.9 Å². The molecule has 25 heavy (non-hydrogen) atoms. The van der Waals surface area contributed by atoms with Crippen LogP contribution in [0.25, 0.3) is 11.0 Å². The minimum absolute atomic E-state index is 0.0482. The maximum atomic E-state index is 12.8. The fraction of sp³-hybridized carbons (Fsp3) is 0.200. The first kappa shape index (κ1) is 16.7. The summed E-state index contributed by atoms with van der Waals surface area (Å²) in [6.07, 6.45) is -5.20. The van der Waals surface area contributed by atoms with E-state index in [4.69, 9.17) is 4.84 Å². The number of halogens is 3. The standard InChI is InChI=1S/C15H11F3N4O3/c1-9(10-3-2-4-12(7-10)22(23)24)25-21-14-8-11(15(16,17)18)5-6-13(14)19-20-21/h2-9H,1H3/t9-/m1/s1. The van der Waals surface area contributed by atoms with Gasteiger partial charge in [-0.1, -0.05) is 17.0 Å². The van der Waals surface area contributed by atoms with Crippen LogP contribution in [0.5, 0.6) is 0 Å². The molecule has 0 fully saturated rings. The van der Waals surface area contributed by atoms with E-state index < -0.39 is 22.8 Å². The molecule has 0 aliphatic rings. The molecule has 10 heteroatoms. The molecule has 3 rings (SSSR count). The smallest absolute Gasteiger partial charge is 0.387 e. The Labute approximate surface area is 138 Å². The van der Waals surface area contributed by atoms with Crippen molar-refractivity contribution in [3.8, 4) is 0 Å². The van der Waals surface area contributed by atoms with E-state index in [2.05, 4.69) is 10.3 Å². The third-order valence-corrected chi connectivity index (χ3v) is 3.55. The molecule has 0 unspecified atom stereocenters. The Morgan fingerprint density at radius 3 is 2.68 bits per heavy atom. The molecule has 3 aromatic rings. The number of hydrogen-bond donors (Lipinski definition) is 0. The first-order chi connectivity index (χ1) is 11.8. The fourth-order valence-corrected chi connectivity index (χ4v) is 2.25.